The highest BCUT2D eigenvalue weighted by molar-refractivity contribution is 6.11. The van der Waals surface area contributed by atoms with Gasteiger partial charge < -0.3 is 5.73 Å². The van der Waals surface area contributed by atoms with Crippen LogP contribution in [0.5, 0.6) is 0 Å². The normalized spacial score (nSPS) is 11.6. The van der Waals surface area contributed by atoms with Crippen molar-refractivity contribution in [3.8, 4) is 0 Å². The Kier molecular flexibility index (Phi) is 6.04. The second-order valence-electron chi connectivity index (χ2n) is 8.25. The lowest BCUT2D eigenvalue weighted by Gasteiger charge is -2.31. The predicted molar refractivity (Wildman–Crippen MR) is 133 cm³/mol. The van der Waals surface area contributed by atoms with Crippen LogP contribution < -0.4 is 10.7 Å². The van der Waals surface area contributed by atoms with E-state index in [2.05, 4.69) is 19.9 Å². The number of hydrazine groups is 1. The summed E-state index contributed by atoms with van der Waals surface area (Å²) >= 11 is 0. The molecule has 2 N–H and O–H groups in total. The van der Waals surface area contributed by atoms with E-state index in [0.29, 0.717) is 16.9 Å². The highest BCUT2D eigenvalue weighted by Crippen LogP contribution is 2.30. The first kappa shape index (κ1) is 23.9. The van der Waals surface area contributed by atoms with Gasteiger partial charge in [0.15, 0.2) is 0 Å². The number of carbonyl (C=O) groups excluding carboxylic acids is 1. The number of anilines is 2. The summed E-state index contributed by atoms with van der Waals surface area (Å²) in [5.41, 5.74) is 6.45. The van der Waals surface area contributed by atoms with Crippen molar-refractivity contribution in [3.05, 3.63) is 96.1 Å². The minimum atomic E-state index is -4.51. The first-order chi connectivity index (χ1) is 17.7. The average molecular weight is 503 g/mol. The number of nitrogens with two attached hydrogens (primary N) is 1. The van der Waals surface area contributed by atoms with Gasteiger partial charge in [-0.2, -0.15) is 13.2 Å². The predicted octanol–water partition coefficient (Wildman–Crippen LogP) is 4.87. The van der Waals surface area contributed by atoms with E-state index in [9.17, 15) is 18.0 Å². The molecule has 2 aromatic carbocycles. The molecule has 3 heterocycles. The zero-order valence-electron chi connectivity index (χ0n) is 19.5. The molecule has 0 aliphatic carbocycles. The fourth-order valence-electron chi connectivity index (χ4n) is 3.98. The molecule has 37 heavy (non-hydrogen) atoms. The second kappa shape index (κ2) is 9.34. The van der Waals surface area contributed by atoms with Crippen LogP contribution in [0.4, 0.5) is 24.9 Å². The lowest BCUT2D eigenvalue weighted by atomic mass is 10.0. The highest BCUT2D eigenvalue weighted by Gasteiger charge is 2.31. The van der Waals surface area contributed by atoms with Gasteiger partial charge in [-0.25, -0.2) is 20.0 Å². The van der Waals surface area contributed by atoms with Gasteiger partial charge >= 0.3 is 6.18 Å². The zero-order valence-corrected chi connectivity index (χ0v) is 19.5. The van der Waals surface area contributed by atoms with E-state index in [1.54, 1.807) is 31.3 Å². The summed E-state index contributed by atoms with van der Waals surface area (Å²) in [4.78, 5) is 30.6. The minimum Gasteiger partial charge on any atom is -0.383 e. The number of amides is 1. The zero-order chi connectivity index (χ0) is 26.2. The molecule has 0 aliphatic rings. The van der Waals surface area contributed by atoms with E-state index in [0.717, 1.165) is 28.4 Å². The number of hydrogen-bond acceptors (Lipinski definition) is 7. The van der Waals surface area contributed by atoms with Crippen molar-refractivity contribution in [1.29, 1.82) is 0 Å². The Labute approximate surface area is 209 Å². The number of nitrogen functional groups attached to an aromatic ring is 1. The molecule has 0 radical (unpaired) electrons. The van der Waals surface area contributed by atoms with Crippen molar-refractivity contribution in [2.45, 2.75) is 12.7 Å². The maximum atomic E-state index is 13.8. The molecule has 0 saturated heterocycles. The van der Waals surface area contributed by atoms with Crippen LogP contribution >= 0.6 is 0 Å². The summed E-state index contributed by atoms with van der Waals surface area (Å²) in [6.07, 6.45) is -0.720. The lowest BCUT2D eigenvalue weighted by Crippen LogP contribution is -2.45. The SMILES string of the molecule is CN(c1ncccn1)N(Cc1ccc(C(F)(F)F)cn1)C(=O)c1ccc2nc(N)c3ccccc3c2c1. The van der Waals surface area contributed by atoms with Gasteiger partial charge in [0.1, 0.15) is 5.82 Å². The molecule has 0 spiro atoms. The molecule has 1 amide bonds. The van der Waals surface area contributed by atoms with Crippen LogP contribution in [-0.4, -0.2) is 37.9 Å². The molecule has 0 fully saturated rings. The monoisotopic (exact) mass is 503 g/mol. The van der Waals surface area contributed by atoms with Crippen LogP contribution in [0, 0.1) is 0 Å². The first-order valence-corrected chi connectivity index (χ1v) is 11.1. The number of alkyl halides is 3. The molecule has 0 bridgehead atoms. The van der Waals surface area contributed by atoms with Gasteiger partial charge in [0.05, 0.1) is 23.3 Å². The molecule has 11 heteroatoms. The van der Waals surface area contributed by atoms with Crippen LogP contribution in [0.3, 0.4) is 0 Å². The number of rotatable bonds is 5. The molecule has 0 unspecified atom stereocenters. The van der Waals surface area contributed by atoms with Crippen molar-refractivity contribution < 1.29 is 18.0 Å². The summed E-state index contributed by atoms with van der Waals surface area (Å²) in [6.45, 7) is -0.121. The first-order valence-electron chi connectivity index (χ1n) is 11.1. The van der Waals surface area contributed by atoms with Crippen molar-refractivity contribution >= 4 is 39.3 Å². The van der Waals surface area contributed by atoms with Crippen LogP contribution in [0.2, 0.25) is 0 Å². The molecular weight excluding hydrogens is 483 g/mol. The molecule has 5 aromatic rings. The molecule has 0 saturated carbocycles. The van der Waals surface area contributed by atoms with Crippen LogP contribution in [0.15, 0.2) is 79.3 Å². The second-order valence-corrected chi connectivity index (χ2v) is 8.25. The van der Waals surface area contributed by atoms with Gasteiger partial charge in [-0.3, -0.25) is 14.8 Å². The molecular formula is C26H20F3N7O. The maximum Gasteiger partial charge on any atom is 0.417 e. The van der Waals surface area contributed by atoms with E-state index < -0.39 is 17.6 Å². The quantitative estimate of drug-likeness (QED) is 0.270. The van der Waals surface area contributed by atoms with Crippen LogP contribution in [-0.2, 0) is 12.7 Å². The fourth-order valence-corrected chi connectivity index (χ4v) is 3.98. The molecule has 0 atom stereocenters. The van der Waals surface area contributed by atoms with Gasteiger partial charge in [0.25, 0.3) is 5.91 Å². The Morgan fingerprint density at radius 3 is 2.32 bits per heavy atom. The minimum absolute atomic E-state index is 0.121. The number of pyridine rings is 2. The topological polar surface area (TPSA) is 101 Å². The molecule has 8 nitrogen and oxygen atoms in total. The molecule has 5 rings (SSSR count). The number of aromatic nitrogens is 4. The van der Waals surface area contributed by atoms with E-state index in [-0.39, 0.29) is 18.2 Å². The van der Waals surface area contributed by atoms with E-state index in [1.165, 1.54) is 28.5 Å². The van der Waals surface area contributed by atoms with Gasteiger partial charge in [-0.1, -0.05) is 24.3 Å². The smallest absolute Gasteiger partial charge is 0.383 e. The van der Waals surface area contributed by atoms with E-state index >= 15 is 0 Å². The number of hydrogen-bond donors (Lipinski definition) is 1. The largest absolute Gasteiger partial charge is 0.417 e. The third kappa shape index (κ3) is 4.70. The summed E-state index contributed by atoms with van der Waals surface area (Å²) < 4.78 is 39.0. The Balaban J connectivity index is 1.56. The lowest BCUT2D eigenvalue weighted by molar-refractivity contribution is -0.137. The third-order valence-corrected chi connectivity index (χ3v) is 5.88. The Morgan fingerprint density at radius 1 is 0.919 bits per heavy atom. The van der Waals surface area contributed by atoms with E-state index in [4.69, 9.17) is 5.73 Å². The van der Waals surface area contributed by atoms with Gasteiger partial charge in [0.2, 0.25) is 5.95 Å². The number of halogens is 3. The Bertz CT molecular complexity index is 1590. The Morgan fingerprint density at radius 2 is 1.65 bits per heavy atom. The fraction of sp³-hybridized carbons (Fsp3) is 0.115. The summed E-state index contributed by atoms with van der Waals surface area (Å²) in [5, 5.41) is 5.10. The van der Waals surface area contributed by atoms with Crippen molar-refractivity contribution in [1.82, 2.24) is 24.9 Å². The van der Waals surface area contributed by atoms with Gasteiger partial charge in [0, 0.05) is 42.0 Å². The summed E-state index contributed by atoms with van der Waals surface area (Å²) in [6, 6.07) is 16.3. The van der Waals surface area contributed by atoms with Crippen molar-refractivity contribution in [2.24, 2.45) is 0 Å². The van der Waals surface area contributed by atoms with Crippen molar-refractivity contribution in [2.75, 3.05) is 17.8 Å². The van der Waals surface area contributed by atoms with E-state index in [1.807, 2.05) is 24.3 Å². The number of nitrogens with zero attached hydrogens (tertiary/aromatic N) is 6. The van der Waals surface area contributed by atoms with Crippen molar-refractivity contribution in [3.63, 3.8) is 0 Å². The number of fused-ring (bicyclic) bond motifs is 3. The van der Waals surface area contributed by atoms with Crippen LogP contribution in [0.25, 0.3) is 21.7 Å². The maximum absolute atomic E-state index is 13.8. The standard InChI is InChI=1S/C26H20F3N7O/c1-35(25-31-11-4-12-32-25)36(15-18-9-8-17(14-33-18)26(27,28)29)24(37)16-7-10-22-21(13-16)19-5-2-3-6-20(19)23(30)34-22/h2-14H,15H2,1H3,(H2,30,34). The number of benzene rings is 2. The Hall–Kier alpha value is -4.80. The third-order valence-electron chi connectivity index (χ3n) is 5.88. The molecule has 0 aliphatic heterocycles. The molecule has 3 aromatic heterocycles. The highest BCUT2D eigenvalue weighted by atomic mass is 19.4. The van der Waals surface area contributed by atoms with Gasteiger partial charge in [-0.05, 0) is 41.8 Å². The number of carbonyl (C=O) groups is 1. The average Bonchev–Trinajstić information content (AvgIpc) is 2.91. The van der Waals surface area contributed by atoms with Crippen LogP contribution in [0.1, 0.15) is 21.6 Å². The molecule has 186 valence electrons. The van der Waals surface area contributed by atoms with Gasteiger partial charge in [-0.15, -0.1) is 0 Å². The summed E-state index contributed by atoms with van der Waals surface area (Å²) in [5.74, 6) is 0.182. The summed E-state index contributed by atoms with van der Waals surface area (Å²) in [7, 11) is 1.59.